The van der Waals surface area contributed by atoms with Gasteiger partial charge in [0.2, 0.25) is 0 Å². The van der Waals surface area contributed by atoms with Crippen LogP contribution in [-0.4, -0.2) is 17.1 Å². The highest BCUT2D eigenvalue weighted by atomic mass is 32.1. The Balaban J connectivity index is 2.63. The molecule has 1 aromatic heterocycles. The van der Waals surface area contributed by atoms with E-state index in [0.29, 0.717) is 10.6 Å². The smallest absolute Gasteiger partial charge is 0.133 e. The Labute approximate surface area is 112 Å². The van der Waals surface area contributed by atoms with E-state index in [-0.39, 0.29) is 0 Å². The van der Waals surface area contributed by atoms with Crippen LogP contribution in [0.3, 0.4) is 0 Å². The molecule has 1 N–H and O–H groups in total. The molecule has 0 unspecified atom stereocenters. The third kappa shape index (κ3) is 2.43. The van der Waals surface area contributed by atoms with Gasteiger partial charge in [0.05, 0.1) is 19.1 Å². The fraction of sp³-hybridized carbons (Fsp3) is 0.286. The van der Waals surface area contributed by atoms with Gasteiger partial charge in [0.1, 0.15) is 10.4 Å². The molecule has 3 nitrogen and oxygen atoms in total. The maximum absolute atomic E-state index is 5.31. The molecule has 0 aliphatic carbocycles. The summed E-state index contributed by atoms with van der Waals surface area (Å²) in [6.07, 6.45) is 1.64. The second kappa shape index (κ2) is 5.31. The average Bonchev–Trinajstić information content (AvgIpc) is 2.38. The minimum absolute atomic E-state index is 0.323. The lowest BCUT2D eigenvalue weighted by Gasteiger charge is -2.13. The molecular weight excluding hydrogens is 244 g/mol. The van der Waals surface area contributed by atoms with E-state index in [4.69, 9.17) is 17.0 Å². The van der Waals surface area contributed by atoms with Crippen molar-refractivity contribution < 1.29 is 4.74 Å². The first kappa shape index (κ1) is 12.8. The van der Waals surface area contributed by atoms with E-state index in [2.05, 4.69) is 23.8 Å². The van der Waals surface area contributed by atoms with E-state index in [0.717, 1.165) is 22.6 Å². The van der Waals surface area contributed by atoms with Gasteiger partial charge in [-0.2, -0.15) is 0 Å². The van der Waals surface area contributed by atoms with Crippen LogP contribution in [0, 0.1) is 4.64 Å². The average molecular weight is 260 g/mol. The lowest BCUT2D eigenvalue weighted by molar-refractivity contribution is 0.415. The van der Waals surface area contributed by atoms with E-state index in [1.807, 2.05) is 24.3 Å². The second-order valence-electron chi connectivity index (χ2n) is 4.38. The van der Waals surface area contributed by atoms with Gasteiger partial charge in [-0.15, -0.1) is 0 Å². The maximum Gasteiger partial charge on any atom is 0.133 e. The van der Waals surface area contributed by atoms with E-state index in [1.54, 1.807) is 13.4 Å². The minimum atomic E-state index is 0.323. The Kier molecular flexibility index (Phi) is 3.77. The predicted octanol–water partition coefficient (Wildman–Crippen LogP) is 3.94. The maximum atomic E-state index is 5.31. The van der Waals surface area contributed by atoms with Crippen LogP contribution < -0.4 is 4.74 Å². The van der Waals surface area contributed by atoms with Crippen LogP contribution >= 0.6 is 12.2 Å². The van der Waals surface area contributed by atoms with Crippen molar-refractivity contribution in [2.24, 2.45) is 0 Å². The van der Waals surface area contributed by atoms with Crippen molar-refractivity contribution >= 4 is 12.2 Å². The molecule has 4 heteroatoms. The minimum Gasteiger partial charge on any atom is -0.497 e. The zero-order valence-electron chi connectivity index (χ0n) is 10.7. The van der Waals surface area contributed by atoms with E-state index in [9.17, 15) is 0 Å². The molecule has 0 spiro atoms. The lowest BCUT2D eigenvalue weighted by atomic mass is 9.99. The highest BCUT2D eigenvalue weighted by Crippen LogP contribution is 2.29. The summed E-state index contributed by atoms with van der Waals surface area (Å²) in [7, 11) is 1.66. The highest BCUT2D eigenvalue weighted by molar-refractivity contribution is 7.71. The number of methoxy groups -OCH3 is 1. The lowest BCUT2D eigenvalue weighted by Crippen LogP contribution is -1.99. The molecule has 94 valence electrons. The van der Waals surface area contributed by atoms with Gasteiger partial charge in [0.15, 0.2) is 0 Å². The molecule has 0 amide bonds. The van der Waals surface area contributed by atoms with Crippen LogP contribution in [0.15, 0.2) is 30.6 Å². The van der Waals surface area contributed by atoms with Gasteiger partial charge in [-0.3, -0.25) is 0 Å². The molecule has 0 aliphatic heterocycles. The number of ether oxygens (including phenoxy) is 1. The molecule has 0 atom stereocenters. The molecule has 2 aromatic rings. The van der Waals surface area contributed by atoms with Crippen molar-refractivity contribution in [2.75, 3.05) is 7.11 Å². The predicted molar refractivity (Wildman–Crippen MR) is 75.5 cm³/mol. The van der Waals surface area contributed by atoms with Crippen molar-refractivity contribution in [3.05, 3.63) is 40.8 Å². The second-order valence-corrected chi connectivity index (χ2v) is 4.77. The molecule has 0 saturated heterocycles. The molecule has 1 heterocycles. The Morgan fingerprint density at radius 2 is 2.11 bits per heavy atom. The molecule has 0 radical (unpaired) electrons. The molecule has 2 rings (SSSR count). The summed E-state index contributed by atoms with van der Waals surface area (Å²) in [5.74, 6) is 1.15. The number of hydrogen-bond acceptors (Lipinski definition) is 3. The van der Waals surface area contributed by atoms with E-state index in [1.165, 1.54) is 0 Å². The third-order valence-electron chi connectivity index (χ3n) is 2.83. The van der Waals surface area contributed by atoms with E-state index >= 15 is 0 Å². The summed E-state index contributed by atoms with van der Waals surface area (Å²) in [5.41, 5.74) is 3.15. The van der Waals surface area contributed by atoms with Crippen LogP contribution in [0.5, 0.6) is 5.75 Å². The van der Waals surface area contributed by atoms with Gasteiger partial charge in [-0.05, 0) is 18.1 Å². The molecule has 0 fully saturated rings. The van der Waals surface area contributed by atoms with Gasteiger partial charge in [-0.1, -0.05) is 38.2 Å². The normalized spacial score (nSPS) is 10.7. The Morgan fingerprint density at radius 3 is 2.78 bits per heavy atom. The first-order valence-corrected chi connectivity index (χ1v) is 6.26. The molecule has 0 saturated carbocycles. The molecule has 0 aliphatic rings. The Bertz CT molecular complexity index is 605. The number of H-pyrrole nitrogens is 1. The van der Waals surface area contributed by atoms with E-state index < -0.39 is 0 Å². The van der Waals surface area contributed by atoms with Crippen LogP contribution in [0.2, 0.25) is 0 Å². The fourth-order valence-electron chi connectivity index (χ4n) is 1.96. The number of rotatable bonds is 3. The van der Waals surface area contributed by atoms with Crippen LogP contribution in [0.25, 0.3) is 11.3 Å². The highest BCUT2D eigenvalue weighted by Gasteiger charge is 2.12. The topological polar surface area (TPSA) is 37.9 Å². The van der Waals surface area contributed by atoms with Crippen molar-refractivity contribution in [2.45, 2.75) is 19.8 Å². The molecule has 18 heavy (non-hydrogen) atoms. The zero-order valence-corrected chi connectivity index (χ0v) is 11.5. The molecular formula is C14H16N2OS. The largest absolute Gasteiger partial charge is 0.497 e. The first-order chi connectivity index (χ1) is 8.63. The van der Waals surface area contributed by atoms with Crippen molar-refractivity contribution in [3.63, 3.8) is 0 Å². The molecule has 1 aromatic carbocycles. The number of nitrogens with one attached hydrogen (secondary N) is 1. The number of aromatic amines is 1. The standard InChI is InChI=1S/C14H16N2OS/c1-9(2)12-13(15-8-16-14(12)18)10-5-4-6-11(7-10)17-3/h4-9H,1-3H3,(H,15,16,18). The first-order valence-electron chi connectivity index (χ1n) is 5.85. The third-order valence-corrected chi connectivity index (χ3v) is 3.15. The van der Waals surface area contributed by atoms with Crippen LogP contribution in [-0.2, 0) is 0 Å². The van der Waals surface area contributed by atoms with Crippen molar-refractivity contribution in [1.82, 2.24) is 9.97 Å². The van der Waals surface area contributed by atoms with Crippen LogP contribution in [0.1, 0.15) is 25.3 Å². The summed E-state index contributed by atoms with van der Waals surface area (Å²) >= 11 is 5.31. The Hall–Kier alpha value is -1.68. The quantitative estimate of drug-likeness (QED) is 0.849. The van der Waals surface area contributed by atoms with Crippen LogP contribution in [0.4, 0.5) is 0 Å². The monoisotopic (exact) mass is 260 g/mol. The number of hydrogen-bond donors (Lipinski definition) is 1. The number of benzene rings is 1. The summed E-state index contributed by atoms with van der Waals surface area (Å²) in [6, 6.07) is 7.92. The summed E-state index contributed by atoms with van der Waals surface area (Å²) in [5, 5.41) is 0. The van der Waals surface area contributed by atoms with Gasteiger partial charge < -0.3 is 9.72 Å². The summed E-state index contributed by atoms with van der Waals surface area (Å²) in [6.45, 7) is 4.23. The summed E-state index contributed by atoms with van der Waals surface area (Å²) < 4.78 is 5.91. The van der Waals surface area contributed by atoms with Crippen molar-refractivity contribution in [3.8, 4) is 17.0 Å². The number of nitrogens with zero attached hydrogens (tertiary/aromatic N) is 1. The van der Waals surface area contributed by atoms with Gasteiger partial charge in [0.25, 0.3) is 0 Å². The summed E-state index contributed by atoms with van der Waals surface area (Å²) in [4.78, 5) is 7.35. The fourth-order valence-corrected chi connectivity index (χ4v) is 2.35. The molecule has 0 bridgehead atoms. The van der Waals surface area contributed by atoms with Crippen molar-refractivity contribution in [1.29, 1.82) is 0 Å². The zero-order chi connectivity index (χ0) is 13.1. The van der Waals surface area contributed by atoms with Gasteiger partial charge in [0, 0.05) is 11.1 Å². The number of aromatic nitrogens is 2. The Morgan fingerprint density at radius 1 is 1.33 bits per heavy atom. The SMILES string of the molecule is COc1cccc(-c2[nH]cnc(=S)c2C(C)C)c1. The van der Waals surface area contributed by atoms with Gasteiger partial charge >= 0.3 is 0 Å². The van der Waals surface area contributed by atoms with Gasteiger partial charge in [-0.25, -0.2) is 4.98 Å².